The number of carbonyl (C=O) groups is 1. The Labute approximate surface area is 101 Å². The zero-order chi connectivity index (χ0) is 12.9. The molecule has 0 heterocycles. The Kier molecular flexibility index (Phi) is 4.23. The number of hydrogen-bond acceptors (Lipinski definition) is 3. The van der Waals surface area contributed by atoms with Crippen LogP contribution < -0.4 is 5.43 Å². The Morgan fingerprint density at radius 2 is 2.18 bits per heavy atom. The smallest absolute Gasteiger partial charge is 0.295 e. The van der Waals surface area contributed by atoms with Crippen LogP contribution in [0.25, 0.3) is 0 Å². The minimum absolute atomic E-state index is 0.145. The van der Waals surface area contributed by atoms with Crippen molar-refractivity contribution in [3.8, 4) is 5.75 Å². The third-order valence-electron chi connectivity index (χ3n) is 1.89. The maximum Gasteiger partial charge on any atom is 0.295 e. The highest BCUT2D eigenvalue weighted by Crippen LogP contribution is 2.08. The van der Waals surface area contributed by atoms with E-state index in [-0.39, 0.29) is 11.7 Å². The Morgan fingerprint density at radius 3 is 2.76 bits per heavy atom. The molecule has 0 aliphatic heterocycles. The van der Waals surface area contributed by atoms with Crippen LogP contribution in [-0.2, 0) is 4.79 Å². The van der Waals surface area contributed by atoms with Crippen molar-refractivity contribution in [2.45, 2.75) is 0 Å². The number of benzene rings is 1. The zero-order valence-electron chi connectivity index (χ0n) is 10.3. The molecular weight excluding hydrogens is 218 g/mol. The van der Waals surface area contributed by atoms with Gasteiger partial charge < -0.3 is 9.59 Å². The molecule has 0 aliphatic carbocycles. The lowest BCUT2D eigenvalue weighted by Crippen LogP contribution is -2.43. The first-order chi connectivity index (χ1) is 7.87. The van der Waals surface area contributed by atoms with Gasteiger partial charge in [0, 0.05) is 0 Å². The van der Waals surface area contributed by atoms with Crippen LogP contribution in [0.15, 0.2) is 29.4 Å². The van der Waals surface area contributed by atoms with Crippen LogP contribution in [0.4, 0.5) is 0 Å². The van der Waals surface area contributed by atoms with E-state index in [1.807, 2.05) is 21.1 Å². The molecule has 0 aliphatic rings. The van der Waals surface area contributed by atoms with E-state index in [4.69, 9.17) is 0 Å². The van der Waals surface area contributed by atoms with Gasteiger partial charge in [-0.25, -0.2) is 5.43 Å². The van der Waals surface area contributed by atoms with Gasteiger partial charge in [-0.3, -0.25) is 4.79 Å². The molecule has 5 nitrogen and oxygen atoms in total. The summed E-state index contributed by atoms with van der Waals surface area (Å²) >= 11 is 0. The van der Waals surface area contributed by atoms with E-state index in [0.29, 0.717) is 11.0 Å². The minimum atomic E-state index is -0.145. The van der Waals surface area contributed by atoms with Crippen molar-refractivity contribution in [1.82, 2.24) is 5.43 Å². The van der Waals surface area contributed by atoms with Gasteiger partial charge in [0.25, 0.3) is 5.91 Å². The second-order valence-electron chi connectivity index (χ2n) is 4.84. The molecule has 0 aromatic heterocycles. The second-order valence-corrected chi connectivity index (χ2v) is 4.84. The number of hydrogen-bond donors (Lipinski definition) is 2. The number of carbonyl (C=O) groups excluding carboxylic acids is 1. The molecule has 0 fully saturated rings. The molecule has 0 bridgehead atoms. The standard InChI is InChI=1S/C12H17N3O2/c1-15(2,3)9-12(17)14-13-8-10-5-4-6-11(16)7-10/h4-8H,9H2,1-3H3,(H-,14,16,17)/p+1/b13-8-. The van der Waals surface area contributed by atoms with Gasteiger partial charge in [0.15, 0.2) is 6.54 Å². The van der Waals surface area contributed by atoms with Gasteiger partial charge in [-0.1, -0.05) is 12.1 Å². The Morgan fingerprint density at radius 1 is 1.47 bits per heavy atom. The van der Waals surface area contributed by atoms with E-state index >= 15 is 0 Å². The summed E-state index contributed by atoms with van der Waals surface area (Å²) in [5.74, 6) is 0.0283. The number of aromatic hydroxyl groups is 1. The monoisotopic (exact) mass is 236 g/mol. The number of phenolic OH excluding ortho intramolecular Hbond substituents is 1. The lowest BCUT2D eigenvalue weighted by Gasteiger charge is -2.21. The number of hydrazone groups is 1. The number of amides is 1. The second kappa shape index (κ2) is 5.45. The molecular formula is C12H18N3O2+. The highest BCUT2D eigenvalue weighted by Gasteiger charge is 2.12. The summed E-state index contributed by atoms with van der Waals surface area (Å²) in [6.45, 7) is 0.359. The van der Waals surface area contributed by atoms with Crippen molar-refractivity contribution in [3.05, 3.63) is 29.8 Å². The fourth-order valence-corrected chi connectivity index (χ4v) is 1.25. The van der Waals surface area contributed by atoms with Crippen LogP contribution in [-0.4, -0.2) is 49.4 Å². The highest BCUT2D eigenvalue weighted by atomic mass is 16.3. The normalized spacial score (nSPS) is 11.7. The van der Waals surface area contributed by atoms with E-state index in [1.165, 1.54) is 6.21 Å². The van der Waals surface area contributed by atoms with Gasteiger partial charge in [0.1, 0.15) is 5.75 Å². The molecule has 1 aromatic rings. The molecule has 0 radical (unpaired) electrons. The third-order valence-corrected chi connectivity index (χ3v) is 1.89. The molecule has 1 aromatic carbocycles. The molecule has 0 spiro atoms. The van der Waals surface area contributed by atoms with E-state index in [9.17, 15) is 9.90 Å². The molecule has 0 saturated heterocycles. The van der Waals surface area contributed by atoms with Gasteiger partial charge in [-0.15, -0.1) is 0 Å². The maximum atomic E-state index is 11.4. The van der Waals surface area contributed by atoms with Crippen LogP contribution in [0.5, 0.6) is 5.75 Å². The maximum absolute atomic E-state index is 11.4. The van der Waals surface area contributed by atoms with Gasteiger partial charge >= 0.3 is 0 Å². The zero-order valence-corrected chi connectivity index (χ0v) is 10.3. The predicted octanol–water partition coefficient (Wildman–Crippen LogP) is 0.548. The first-order valence-corrected chi connectivity index (χ1v) is 5.28. The first-order valence-electron chi connectivity index (χ1n) is 5.28. The van der Waals surface area contributed by atoms with Crippen molar-refractivity contribution < 1.29 is 14.4 Å². The van der Waals surface area contributed by atoms with Crippen LogP contribution in [0.2, 0.25) is 0 Å². The van der Waals surface area contributed by atoms with Gasteiger partial charge in [0.2, 0.25) is 0 Å². The Hall–Kier alpha value is -1.88. The van der Waals surface area contributed by atoms with Gasteiger partial charge in [0.05, 0.1) is 27.4 Å². The Balaban J connectivity index is 2.48. The number of quaternary nitrogens is 1. The van der Waals surface area contributed by atoms with Crippen LogP contribution in [0.1, 0.15) is 5.56 Å². The molecule has 2 N–H and O–H groups in total. The van der Waals surface area contributed by atoms with E-state index < -0.39 is 0 Å². The van der Waals surface area contributed by atoms with E-state index in [1.54, 1.807) is 24.3 Å². The van der Waals surface area contributed by atoms with Gasteiger partial charge in [-0.05, 0) is 17.7 Å². The summed E-state index contributed by atoms with van der Waals surface area (Å²) in [4.78, 5) is 11.4. The highest BCUT2D eigenvalue weighted by molar-refractivity contribution is 5.83. The number of phenols is 1. The van der Waals surface area contributed by atoms with Crippen LogP contribution in [0.3, 0.4) is 0 Å². The molecule has 1 amide bonds. The number of nitrogens with one attached hydrogen (secondary N) is 1. The molecule has 0 unspecified atom stereocenters. The average Bonchev–Trinajstić information content (AvgIpc) is 2.14. The summed E-state index contributed by atoms with van der Waals surface area (Å²) in [5.41, 5.74) is 3.17. The minimum Gasteiger partial charge on any atom is -0.508 e. The van der Waals surface area contributed by atoms with E-state index in [0.717, 1.165) is 5.56 Å². The summed E-state index contributed by atoms with van der Waals surface area (Å²) in [6, 6.07) is 6.64. The molecule has 17 heavy (non-hydrogen) atoms. The topological polar surface area (TPSA) is 61.7 Å². The number of likely N-dealkylation sites (N-methyl/N-ethyl adjacent to an activating group) is 1. The molecule has 5 heteroatoms. The molecule has 1 rings (SSSR count). The van der Waals surface area contributed by atoms with Crippen molar-refractivity contribution in [2.24, 2.45) is 5.10 Å². The number of rotatable bonds is 4. The fraction of sp³-hybridized carbons (Fsp3) is 0.333. The first kappa shape index (κ1) is 13.2. The predicted molar refractivity (Wildman–Crippen MR) is 66.7 cm³/mol. The van der Waals surface area contributed by atoms with Crippen molar-refractivity contribution in [3.63, 3.8) is 0 Å². The quantitative estimate of drug-likeness (QED) is 0.455. The number of nitrogens with zero attached hydrogens (tertiary/aromatic N) is 2. The molecule has 0 saturated carbocycles. The van der Waals surface area contributed by atoms with Crippen molar-refractivity contribution in [2.75, 3.05) is 27.7 Å². The summed E-state index contributed by atoms with van der Waals surface area (Å²) in [6.07, 6.45) is 1.49. The van der Waals surface area contributed by atoms with Crippen molar-refractivity contribution >= 4 is 12.1 Å². The Bertz CT molecular complexity index is 422. The lowest BCUT2D eigenvalue weighted by molar-refractivity contribution is -0.862. The van der Waals surface area contributed by atoms with Crippen LogP contribution in [0, 0.1) is 0 Å². The average molecular weight is 236 g/mol. The molecule has 0 atom stereocenters. The third kappa shape index (κ3) is 5.67. The SMILES string of the molecule is C[N+](C)(C)CC(=O)N/N=C\c1cccc(O)c1. The van der Waals surface area contributed by atoms with Gasteiger partial charge in [-0.2, -0.15) is 5.10 Å². The fourth-order valence-electron chi connectivity index (χ4n) is 1.25. The summed E-state index contributed by atoms with van der Waals surface area (Å²) in [7, 11) is 5.79. The summed E-state index contributed by atoms with van der Waals surface area (Å²) < 4.78 is 0.549. The lowest BCUT2D eigenvalue weighted by atomic mass is 10.2. The van der Waals surface area contributed by atoms with Crippen LogP contribution >= 0.6 is 0 Å². The largest absolute Gasteiger partial charge is 0.508 e. The summed E-state index contributed by atoms with van der Waals surface area (Å²) in [5, 5.41) is 13.0. The van der Waals surface area contributed by atoms with Crippen molar-refractivity contribution in [1.29, 1.82) is 0 Å². The van der Waals surface area contributed by atoms with E-state index in [2.05, 4.69) is 10.5 Å². The molecule has 92 valence electrons.